The fourth-order valence-electron chi connectivity index (χ4n) is 3.72. The molecule has 0 spiro atoms. The molecule has 29 heavy (non-hydrogen) atoms. The van der Waals surface area contributed by atoms with Gasteiger partial charge in [0.15, 0.2) is 17.5 Å². The van der Waals surface area contributed by atoms with Crippen LogP contribution in [0.25, 0.3) is 22.4 Å². The Hall–Kier alpha value is -2.29. The van der Waals surface area contributed by atoms with Crippen LogP contribution in [0.5, 0.6) is 0 Å². The Kier molecular flexibility index (Phi) is 5.94. The summed E-state index contributed by atoms with van der Waals surface area (Å²) in [6.07, 6.45) is 6.79. The highest BCUT2D eigenvalue weighted by molar-refractivity contribution is 6.31. The van der Waals surface area contributed by atoms with E-state index in [2.05, 4.69) is 30.2 Å². The van der Waals surface area contributed by atoms with Gasteiger partial charge in [0, 0.05) is 42.5 Å². The molecule has 4 rings (SSSR count). The molecule has 0 radical (unpaired) electrons. The van der Waals surface area contributed by atoms with Crippen molar-refractivity contribution in [1.29, 1.82) is 0 Å². The molecule has 1 aliphatic rings. The number of piperidine rings is 1. The lowest BCUT2D eigenvalue weighted by Gasteiger charge is -2.34. The Labute approximate surface area is 173 Å². The molecule has 0 aliphatic carbocycles. The van der Waals surface area contributed by atoms with Crippen molar-refractivity contribution in [3.63, 3.8) is 0 Å². The fourth-order valence-corrected chi connectivity index (χ4v) is 3.88. The van der Waals surface area contributed by atoms with Crippen LogP contribution < -0.4 is 5.32 Å². The number of pyridine rings is 1. The average Bonchev–Trinajstić information content (AvgIpc) is 3.13. The molecule has 1 aliphatic heterocycles. The van der Waals surface area contributed by atoms with E-state index >= 15 is 0 Å². The zero-order valence-corrected chi connectivity index (χ0v) is 17.0. The monoisotopic (exact) mass is 418 g/mol. The summed E-state index contributed by atoms with van der Waals surface area (Å²) in [5, 5.41) is 14.4. The first-order valence-electron chi connectivity index (χ1n) is 9.86. The van der Waals surface area contributed by atoms with Crippen LogP contribution in [0, 0.1) is 5.82 Å². The molecule has 1 saturated heterocycles. The lowest BCUT2D eigenvalue weighted by atomic mass is 10.0. The Morgan fingerprint density at radius 1 is 1.41 bits per heavy atom. The van der Waals surface area contributed by atoms with Crippen molar-refractivity contribution in [3.8, 4) is 11.4 Å². The minimum Gasteiger partial charge on any atom is -0.392 e. The largest absolute Gasteiger partial charge is 0.392 e. The van der Waals surface area contributed by atoms with Crippen LogP contribution in [-0.2, 0) is 0 Å². The smallest absolute Gasteiger partial charge is 0.183 e. The Morgan fingerprint density at radius 2 is 2.28 bits per heavy atom. The maximum absolute atomic E-state index is 14.4. The molecule has 0 saturated carbocycles. The molecule has 0 unspecified atom stereocenters. The Bertz CT molecular complexity index is 996. The number of aromatic amines is 1. The number of hydrogen-bond acceptors (Lipinski definition) is 6. The van der Waals surface area contributed by atoms with E-state index in [0.717, 1.165) is 43.3 Å². The third kappa shape index (κ3) is 4.49. The summed E-state index contributed by atoms with van der Waals surface area (Å²) in [7, 11) is 0. The molecule has 2 atom stereocenters. The quantitative estimate of drug-likeness (QED) is 0.568. The van der Waals surface area contributed by atoms with Crippen molar-refractivity contribution < 1.29 is 9.50 Å². The van der Waals surface area contributed by atoms with Crippen LogP contribution in [0.4, 0.5) is 10.2 Å². The number of rotatable bonds is 6. The fraction of sp³-hybridized carbons (Fsp3) is 0.450. The van der Waals surface area contributed by atoms with Gasteiger partial charge in [0.25, 0.3) is 0 Å². The van der Waals surface area contributed by atoms with Crippen LogP contribution in [0.1, 0.15) is 26.2 Å². The van der Waals surface area contributed by atoms with E-state index < -0.39 is 5.82 Å². The van der Waals surface area contributed by atoms with E-state index in [1.807, 2.05) is 6.92 Å². The normalized spacial score (nSPS) is 18.8. The molecule has 154 valence electrons. The predicted octanol–water partition coefficient (Wildman–Crippen LogP) is 3.46. The van der Waals surface area contributed by atoms with Gasteiger partial charge in [-0.25, -0.2) is 19.3 Å². The molecule has 0 bridgehead atoms. The second-order valence-corrected chi connectivity index (χ2v) is 7.88. The first kappa shape index (κ1) is 20.0. The third-order valence-electron chi connectivity index (χ3n) is 5.27. The summed E-state index contributed by atoms with van der Waals surface area (Å²) < 4.78 is 14.4. The molecule has 0 amide bonds. The van der Waals surface area contributed by atoms with Crippen molar-refractivity contribution in [3.05, 3.63) is 35.5 Å². The molecule has 7 nitrogen and oxygen atoms in total. The number of β-amino-alcohol motifs (C(OH)–C–C–N with tert-alkyl or cyclic N) is 1. The maximum Gasteiger partial charge on any atom is 0.183 e. The van der Waals surface area contributed by atoms with Crippen molar-refractivity contribution in [1.82, 2.24) is 24.8 Å². The van der Waals surface area contributed by atoms with Crippen molar-refractivity contribution in [2.45, 2.75) is 38.3 Å². The van der Waals surface area contributed by atoms with Gasteiger partial charge in [0.05, 0.1) is 17.3 Å². The molecular weight excluding hydrogens is 395 g/mol. The van der Waals surface area contributed by atoms with Crippen molar-refractivity contribution in [2.75, 3.05) is 25.0 Å². The summed E-state index contributed by atoms with van der Waals surface area (Å²) in [5.74, 6) is 0.0935. The van der Waals surface area contributed by atoms with Gasteiger partial charge >= 0.3 is 0 Å². The number of nitrogens with zero attached hydrogens (tertiary/aromatic N) is 4. The molecular formula is C20H24ClFN6O. The van der Waals surface area contributed by atoms with Gasteiger partial charge < -0.3 is 15.4 Å². The number of halogens is 2. The molecule has 3 aromatic rings. The number of aliphatic hydroxyl groups excluding tert-OH is 1. The number of anilines is 1. The first-order valence-corrected chi connectivity index (χ1v) is 10.2. The number of H-pyrrole nitrogens is 1. The van der Waals surface area contributed by atoms with Gasteiger partial charge in [0.2, 0.25) is 0 Å². The Balaban J connectivity index is 1.55. The molecule has 4 heterocycles. The second kappa shape index (κ2) is 8.61. The zero-order valence-electron chi connectivity index (χ0n) is 16.2. The summed E-state index contributed by atoms with van der Waals surface area (Å²) in [6.45, 7) is 4.28. The molecule has 3 N–H and O–H groups in total. The zero-order chi connectivity index (χ0) is 20.4. The van der Waals surface area contributed by atoms with Gasteiger partial charge in [-0.05, 0) is 31.9 Å². The van der Waals surface area contributed by atoms with E-state index in [0.29, 0.717) is 23.0 Å². The number of likely N-dealkylation sites (tertiary alicyclic amines) is 1. The van der Waals surface area contributed by atoms with E-state index in [9.17, 15) is 9.50 Å². The van der Waals surface area contributed by atoms with Crippen molar-refractivity contribution >= 4 is 28.5 Å². The lowest BCUT2D eigenvalue weighted by molar-refractivity contribution is 0.0952. The number of aliphatic hydroxyl groups is 1. The third-order valence-corrected chi connectivity index (χ3v) is 5.48. The highest BCUT2D eigenvalue weighted by atomic mass is 35.5. The van der Waals surface area contributed by atoms with Gasteiger partial charge in [-0.3, -0.25) is 4.90 Å². The first-order chi connectivity index (χ1) is 14.0. The van der Waals surface area contributed by atoms with Crippen LogP contribution in [0.3, 0.4) is 0 Å². The van der Waals surface area contributed by atoms with E-state index in [1.165, 1.54) is 6.20 Å². The molecule has 9 heteroatoms. The molecule has 1 fully saturated rings. The van der Waals surface area contributed by atoms with E-state index in [4.69, 9.17) is 11.6 Å². The SMILES string of the molecule is CC[C@H](O)CN1CCC[C@H](Nc2nc(-c3c[nH]c4ncc(Cl)cc34)ncc2F)C1. The summed E-state index contributed by atoms with van der Waals surface area (Å²) >= 11 is 6.07. The van der Waals surface area contributed by atoms with E-state index in [-0.39, 0.29) is 18.0 Å². The minimum absolute atomic E-state index is 0.0594. The van der Waals surface area contributed by atoms with Crippen LogP contribution in [-0.4, -0.2) is 61.7 Å². The summed E-state index contributed by atoms with van der Waals surface area (Å²) in [4.78, 5) is 18.1. The highest BCUT2D eigenvalue weighted by Gasteiger charge is 2.23. The van der Waals surface area contributed by atoms with Gasteiger partial charge in [0.1, 0.15) is 5.65 Å². The van der Waals surface area contributed by atoms with Crippen LogP contribution in [0.15, 0.2) is 24.7 Å². The number of nitrogens with one attached hydrogen (secondary N) is 2. The van der Waals surface area contributed by atoms with Crippen LogP contribution in [0.2, 0.25) is 5.02 Å². The predicted molar refractivity (Wildman–Crippen MR) is 111 cm³/mol. The topological polar surface area (TPSA) is 90.0 Å². The lowest BCUT2D eigenvalue weighted by Crippen LogP contribution is -2.45. The molecule has 0 aromatic carbocycles. The van der Waals surface area contributed by atoms with Gasteiger partial charge in [-0.1, -0.05) is 18.5 Å². The van der Waals surface area contributed by atoms with Gasteiger partial charge in [-0.15, -0.1) is 0 Å². The minimum atomic E-state index is -0.490. The average molecular weight is 419 g/mol. The van der Waals surface area contributed by atoms with E-state index in [1.54, 1.807) is 18.5 Å². The van der Waals surface area contributed by atoms with Crippen LogP contribution >= 0.6 is 11.6 Å². The Morgan fingerprint density at radius 3 is 3.10 bits per heavy atom. The number of hydrogen-bond donors (Lipinski definition) is 3. The summed E-state index contributed by atoms with van der Waals surface area (Å²) in [6, 6.07) is 1.84. The standard InChI is InChI=1S/C20H24ClFN6O/c1-2-14(29)11-28-5-3-4-13(10-28)26-20-17(22)9-25-19(27-20)16-8-24-18-15(16)6-12(21)7-23-18/h6-9,13-14,29H,2-5,10-11H2,1H3,(H,23,24)(H,25,26,27)/t13-,14-/m0/s1. The summed E-state index contributed by atoms with van der Waals surface area (Å²) in [5.41, 5.74) is 1.39. The second-order valence-electron chi connectivity index (χ2n) is 7.45. The number of aromatic nitrogens is 4. The molecule has 3 aromatic heterocycles. The van der Waals surface area contributed by atoms with Crippen molar-refractivity contribution in [2.24, 2.45) is 0 Å². The highest BCUT2D eigenvalue weighted by Crippen LogP contribution is 2.28. The number of fused-ring (bicyclic) bond motifs is 1. The maximum atomic E-state index is 14.4. The van der Waals surface area contributed by atoms with Gasteiger partial charge in [-0.2, -0.15) is 0 Å².